The van der Waals surface area contributed by atoms with Gasteiger partial charge >= 0.3 is 0 Å². The zero-order valence-corrected chi connectivity index (χ0v) is 25.6. The molecule has 2 aromatic carbocycles. The molecule has 41 heavy (non-hydrogen) atoms. The molecule has 1 amide bonds. The molecule has 2 aliphatic carbocycles. The predicted molar refractivity (Wildman–Crippen MR) is 160 cm³/mol. The number of carbonyl (C=O) groups excluding carboxylic acids is 1. The van der Waals surface area contributed by atoms with Crippen LogP contribution >= 0.6 is 11.6 Å². The summed E-state index contributed by atoms with van der Waals surface area (Å²) in [6.45, 7) is 7.10. The summed E-state index contributed by atoms with van der Waals surface area (Å²) in [6, 6.07) is 11.1. The summed E-state index contributed by atoms with van der Waals surface area (Å²) in [7, 11) is -4.15. The third-order valence-electron chi connectivity index (χ3n) is 9.45. The summed E-state index contributed by atoms with van der Waals surface area (Å²) in [5, 5.41) is 0.744. The molecule has 0 saturated heterocycles. The van der Waals surface area contributed by atoms with Gasteiger partial charge in [0, 0.05) is 23.5 Å². The fourth-order valence-corrected chi connectivity index (χ4v) is 8.36. The van der Waals surface area contributed by atoms with Crippen molar-refractivity contribution in [3.8, 4) is 5.75 Å². The van der Waals surface area contributed by atoms with E-state index in [0.29, 0.717) is 24.2 Å². The lowest BCUT2D eigenvalue weighted by atomic mass is 9.69. The first-order valence-electron chi connectivity index (χ1n) is 14.7. The van der Waals surface area contributed by atoms with Crippen molar-refractivity contribution in [1.82, 2.24) is 4.72 Å². The van der Waals surface area contributed by atoms with Crippen LogP contribution in [0.15, 0.2) is 53.4 Å². The average molecular weight is 599 g/mol. The molecular weight excluding hydrogens is 560 g/mol. The second-order valence-electron chi connectivity index (χ2n) is 12.8. The van der Waals surface area contributed by atoms with Gasteiger partial charge in [0.15, 0.2) is 0 Å². The second kappa shape index (κ2) is 10.6. The maximum absolute atomic E-state index is 13.5. The van der Waals surface area contributed by atoms with Crippen molar-refractivity contribution in [3.63, 3.8) is 0 Å². The van der Waals surface area contributed by atoms with Gasteiger partial charge in [0.2, 0.25) is 0 Å². The van der Waals surface area contributed by atoms with E-state index in [4.69, 9.17) is 21.1 Å². The minimum absolute atomic E-state index is 0.0333. The number of rotatable bonds is 0. The van der Waals surface area contributed by atoms with Crippen molar-refractivity contribution in [2.75, 3.05) is 24.6 Å². The molecule has 4 atom stereocenters. The number of allylic oxidation sites excluding steroid dienone is 1. The van der Waals surface area contributed by atoms with E-state index >= 15 is 0 Å². The number of ether oxygens (including phenoxy) is 2. The molecule has 0 radical (unpaired) electrons. The van der Waals surface area contributed by atoms with Crippen molar-refractivity contribution >= 4 is 33.2 Å². The molecule has 2 heterocycles. The number of nitrogens with one attached hydrogen (secondary N) is 1. The number of fused-ring (bicyclic) bond motifs is 4. The third kappa shape index (κ3) is 5.51. The highest BCUT2D eigenvalue weighted by Gasteiger charge is 2.44. The Balaban J connectivity index is 1.43. The highest BCUT2D eigenvalue weighted by Crippen LogP contribution is 2.47. The van der Waals surface area contributed by atoms with Gasteiger partial charge in [-0.25, -0.2) is 13.1 Å². The van der Waals surface area contributed by atoms with Gasteiger partial charge in [0.25, 0.3) is 15.9 Å². The van der Waals surface area contributed by atoms with Crippen LogP contribution in [0.25, 0.3) is 0 Å². The van der Waals surface area contributed by atoms with Gasteiger partial charge in [0.05, 0.1) is 23.3 Å². The van der Waals surface area contributed by atoms with E-state index in [1.165, 1.54) is 17.2 Å². The molecular formula is C32H39ClN2O5S. The highest BCUT2D eigenvalue weighted by atomic mass is 35.5. The minimum atomic E-state index is -4.15. The molecule has 0 aromatic heterocycles. The van der Waals surface area contributed by atoms with Crippen LogP contribution in [-0.4, -0.2) is 45.7 Å². The van der Waals surface area contributed by atoms with Crippen LogP contribution in [0, 0.1) is 11.8 Å². The zero-order chi connectivity index (χ0) is 29.0. The predicted octanol–water partition coefficient (Wildman–Crippen LogP) is 5.79. The first-order valence-corrected chi connectivity index (χ1v) is 16.5. The highest BCUT2D eigenvalue weighted by molar-refractivity contribution is 7.90. The van der Waals surface area contributed by atoms with Crippen LogP contribution in [0.3, 0.4) is 0 Å². The number of hydrogen-bond donors (Lipinski definition) is 1. The molecule has 1 saturated carbocycles. The number of hydrogen-bond acceptors (Lipinski definition) is 6. The van der Waals surface area contributed by atoms with E-state index in [-0.39, 0.29) is 16.4 Å². The van der Waals surface area contributed by atoms with Crippen LogP contribution in [0.5, 0.6) is 5.75 Å². The van der Waals surface area contributed by atoms with Crippen molar-refractivity contribution in [2.24, 2.45) is 11.8 Å². The monoisotopic (exact) mass is 598 g/mol. The molecule has 1 fully saturated rings. The Labute approximate surface area is 248 Å². The van der Waals surface area contributed by atoms with Gasteiger partial charge < -0.3 is 14.4 Å². The Kier molecular flexibility index (Phi) is 7.40. The van der Waals surface area contributed by atoms with Gasteiger partial charge in [-0.3, -0.25) is 4.79 Å². The minimum Gasteiger partial charge on any atom is -0.490 e. The summed E-state index contributed by atoms with van der Waals surface area (Å²) >= 11 is 6.39. The Bertz CT molecular complexity index is 1490. The van der Waals surface area contributed by atoms with Gasteiger partial charge in [-0.05, 0) is 113 Å². The number of nitrogens with zero attached hydrogens (tertiary/aromatic N) is 1. The Hall–Kier alpha value is -2.55. The van der Waals surface area contributed by atoms with Crippen LogP contribution in [0.2, 0.25) is 5.02 Å². The lowest BCUT2D eigenvalue weighted by Gasteiger charge is -2.44. The molecule has 6 rings (SSSR count). The van der Waals surface area contributed by atoms with Crippen molar-refractivity contribution in [3.05, 3.63) is 64.7 Å². The van der Waals surface area contributed by atoms with Crippen LogP contribution in [-0.2, 0) is 31.4 Å². The van der Waals surface area contributed by atoms with E-state index in [9.17, 15) is 13.2 Å². The number of aryl methyl sites for hydroxylation is 1. The van der Waals surface area contributed by atoms with E-state index in [2.05, 4.69) is 27.8 Å². The Morgan fingerprint density at radius 3 is 2.68 bits per heavy atom. The normalized spacial score (nSPS) is 31.5. The Morgan fingerprint density at radius 1 is 1.10 bits per heavy atom. The molecule has 2 aromatic rings. The molecule has 1 N–H and O–H groups in total. The lowest BCUT2D eigenvalue weighted by molar-refractivity contribution is -0.143. The van der Waals surface area contributed by atoms with Gasteiger partial charge in [0.1, 0.15) is 11.4 Å². The average Bonchev–Trinajstić information content (AvgIpc) is 3.05. The van der Waals surface area contributed by atoms with Gasteiger partial charge in [-0.15, -0.1) is 0 Å². The number of amides is 1. The number of carbonyl (C=O) groups is 1. The number of halogens is 1. The lowest BCUT2D eigenvalue weighted by Crippen LogP contribution is -2.48. The Morgan fingerprint density at radius 2 is 1.90 bits per heavy atom. The second-order valence-corrected chi connectivity index (χ2v) is 14.9. The van der Waals surface area contributed by atoms with Crippen LogP contribution in [0.4, 0.5) is 5.69 Å². The van der Waals surface area contributed by atoms with Crippen molar-refractivity contribution < 1.29 is 22.7 Å². The van der Waals surface area contributed by atoms with Gasteiger partial charge in [-0.2, -0.15) is 0 Å². The largest absolute Gasteiger partial charge is 0.490 e. The van der Waals surface area contributed by atoms with E-state index < -0.39 is 21.5 Å². The van der Waals surface area contributed by atoms with Crippen molar-refractivity contribution in [2.45, 2.75) is 81.3 Å². The smallest absolute Gasteiger partial charge is 0.265 e. The quantitative estimate of drug-likeness (QED) is 0.387. The molecule has 9 heteroatoms. The molecule has 7 nitrogen and oxygen atoms in total. The molecule has 1 spiro atoms. The van der Waals surface area contributed by atoms with E-state index in [1.54, 1.807) is 26.0 Å². The summed E-state index contributed by atoms with van der Waals surface area (Å²) in [5.74, 6) is 0.984. The molecule has 4 aliphatic rings. The van der Waals surface area contributed by atoms with Crippen LogP contribution in [0.1, 0.15) is 64.0 Å². The molecule has 2 bridgehead atoms. The fourth-order valence-electron chi connectivity index (χ4n) is 7.04. The number of benzene rings is 2. The molecule has 220 valence electrons. The summed E-state index contributed by atoms with van der Waals surface area (Å²) < 4.78 is 41.7. The maximum Gasteiger partial charge on any atom is 0.265 e. The van der Waals surface area contributed by atoms with Crippen LogP contribution < -0.4 is 14.4 Å². The van der Waals surface area contributed by atoms with Gasteiger partial charge in [-0.1, -0.05) is 29.8 Å². The van der Waals surface area contributed by atoms with E-state index in [1.807, 2.05) is 19.1 Å². The van der Waals surface area contributed by atoms with Crippen molar-refractivity contribution in [1.29, 1.82) is 0 Å². The molecule has 2 aliphatic heterocycles. The summed E-state index contributed by atoms with van der Waals surface area (Å²) in [5.41, 5.74) is 1.73. The maximum atomic E-state index is 13.5. The fraction of sp³-hybridized carbons (Fsp3) is 0.531. The first kappa shape index (κ1) is 28.6. The summed E-state index contributed by atoms with van der Waals surface area (Å²) in [6.07, 6.45) is 10.1. The zero-order valence-electron chi connectivity index (χ0n) is 24.0. The number of anilines is 1. The summed E-state index contributed by atoms with van der Waals surface area (Å²) in [4.78, 5) is 15.5. The van der Waals surface area contributed by atoms with E-state index in [0.717, 1.165) is 62.3 Å². The number of sulfonamides is 1. The third-order valence-corrected chi connectivity index (χ3v) is 11.0. The standard InChI is InChI=1S/C32H39ClN2O5S/c1-21-6-4-7-22-9-10-24(22)18-35-19-32(15-5-8-23-16-25(33)11-13-27(23)32)20-39-29-14-12-26(17-28(29)35)41(37,38)34-30(36)31(2,3)40-21/h4,6,11-14,16-17,21-22,24H,5,7-10,15,18-20H2,1-3H3,(H,34,36)/b6-4+/t21?,22-,24+,32+/m1/s1. The SMILES string of the molecule is CC1/C=C/C[C@@H]2CC[C@H]2CN2C[C@@]3(CCCc4cc(Cl)ccc43)COc3ccc(cc32)S(=O)(=O)NC(=O)C(C)(C)O1. The molecule has 1 unspecified atom stereocenters. The topological polar surface area (TPSA) is 84.9 Å². The first-order chi connectivity index (χ1) is 19.5.